The summed E-state index contributed by atoms with van der Waals surface area (Å²) in [5.41, 5.74) is 0.651. The molecule has 4 bridgehead atoms. The van der Waals surface area contributed by atoms with Crippen molar-refractivity contribution in [1.29, 1.82) is 0 Å². The Hall–Kier alpha value is -1.94. The van der Waals surface area contributed by atoms with Crippen LogP contribution in [0.5, 0.6) is 0 Å². The number of hydrogen-bond donors (Lipinski definition) is 2. The van der Waals surface area contributed by atoms with E-state index in [4.69, 9.17) is 12.2 Å². The first-order valence-corrected chi connectivity index (χ1v) is 10.2. The molecule has 1 amide bonds. The van der Waals surface area contributed by atoms with Gasteiger partial charge in [-0.15, -0.1) is 0 Å². The predicted molar refractivity (Wildman–Crippen MR) is 108 cm³/mol. The van der Waals surface area contributed by atoms with Gasteiger partial charge in [-0.3, -0.25) is 10.1 Å². The lowest BCUT2D eigenvalue weighted by Crippen LogP contribution is -2.57. The molecule has 0 aliphatic heterocycles. The molecule has 4 aliphatic rings. The minimum Gasteiger partial charge on any atom is -0.359 e. The van der Waals surface area contributed by atoms with Crippen LogP contribution in [0, 0.1) is 23.7 Å². The fourth-order valence-corrected chi connectivity index (χ4v) is 6.08. The van der Waals surface area contributed by atoms with Gasteiger partial charge in [0.1, 0.15) is 0 Å². The third kappa shape index (κ3) is 2.90. The number of hydrogen-bond acceptors (Lipinski definition) is 2. The van der Waals surface area contributed by atoms with Crippen molar-refractivity contribution < 1.29 is 4.79 Å². The highest BCUT2D eigenvalue weighted by Crippen LogP contribution is 2.53. The number of benzene rings is 2. The van der Waals surface area contributed by atoms with Gasteiger partial charge in [-0.2, -0.15) is 0 Å². The van der Waals surface area contributed by atoms with Gasteiger partial charge < -0.3 is 5.32 Å². The highest BCUT2D eigenvalue weighted by Gasteiger charge is 2.48. The molecule has 0 unspecified atom stereocenters. The molecule has 4 heteroatoms. The molecule has 0 saturated heterocycles. The van der Waals surface area contributed by atoms with Crippen LogP contribution < -0.4 is 10.6 Å². The Balaban J connectivity index is 1.25. The Morgan fingerprint density at radius 3 is 2.23 bits per heavy atom. The zero-order valence-corrected chi connectivity index (χ0v) is 15.6. The number of amides is 1. The van der Waals surface area contributed by atoms with Crippen LogP contribution in [0.1, 0.15) is 42.5 Å². The van der Waals surface area contributed by atoms with Crippen molar-refractivity contribution in [3.8, 4) is 0 Å². The molecule has 134 valence electrons. The van der Waals surface area contributed by atoms with Gasteiger partial charge in [-0.25, -0.2) is 0 Å². The van der Waals surface area contributed by atoms with E-state index in [0.717, 1.165) is 34.4 Å². The highest BCUT2D eigenvalue weighted by atomic mass is 32.1. The third-order valence-electron chi connectivity index (χ3n) is 6.76. The van der Waals surface area contributed by atoms with Crippen LogP contribution in [-0.2, 0) is 0 Å². The topological polar surface area (TPSA) is 41.1 Å². The number of thiocarbonyl (C=S) groups is 1. The summed E-state index contributed by atoms with van der Waals surface area (Å²) >= 11 is 5.48. The molecule has 0 aromatic heterocycles. The van der Waals surface area contributed by atoms with E-state index in [1.54, 1.807) is 0 Å². The average molecular weight is 365 g/mol. The number of fused-ring (bicyclic) bond motifs is 1. The lowest BCUT2D eigenvalue weighted by molar-refractivity contribution is -0.00692. The molecule has 2 aromatic carbocycles. The normalized spacial score (nSPS) is 31.8. The lowest BCUT2D eigenvalue weighted by atomic mass is 9.54. The largest absolute Gasteiger partial charge is 0.359 e. The van der Waals surface area contributed by atoms with E-state index in [2.05, 4.69) is 16.7 Å². The number of carbonyl (C=O) groups excluding carboxylic acids is 1. The van der Waals surface area contributed by atoms with E-state index in [0.29, 0.717) is 16.7 Å². The van der Waals surface area contributed by atoms with E-state index in [-0.39, 0.29) is 5.91 Å². The Kier molecular flexibility index (Phi) is 3.96. The van der Waals surface area contributed by atoms with Gasteiger partial charge in [0.2, 0.25) is 0 Å². The Bertz CT molecular complexity index is 849. The third-order valence-corrected chi connectivity index (χ3v) is 6.98. The Morgan fingerprint density at radius 1 is 0.885 bits per heavy atom. The molecule has 0 spiro atoms. The van der Waals surface area contributed by atoms with E-state index in [1.165, 1.54) is 32.1 Å². The van der Waals surface area contributed by atoms with E-state index in [1.807, 2.05) is 36.4 Å². The molecule has 3 nitrogen and oxygen atoms in total. The summed E-state index contributed by atoms with van der Waals surface area (Å²) < 4.78 is 0. The molecule has 4 aliphatic carbocycles. The maximum absolute atomic E-state index is 12.6. The van der Waals surface area contributed by atoms with Crippen LogP contribution in [0.2, 0.25) is 0 Å². The predicted octanol–water partition coefficient (Wildman–Crippen LogP) is 4.27. The first-order chi connectivity index (χ1) is 12.7. The van der Waals surface area contributed by atoms with E-state index >= 15 is 0 Å². The number of nitrogens with one attached hydrogen (secondary N) is 2. The monoisotopic (exact) mass is 364 g/mol. The van der Waals surface area contributed by atoms with Crippen LogP contribution in [0.4, 0.5) is 0 Å². The summed E-state index contributed by atoms with van der Waals surface area (Å²) in [6, 6.07) is 14.3. The zero-order valence-electron chi connectivity index (χ0n) is 14.8. The van der Waals surface area contributed by atoms with Gasteiger partial charge in [0, 0.05) is 11.6 Å². The lowest BCUT2D eigenvalue weighted by Gasteiger charge is -2.54. The Labute approximate surface area is 159 Å². The van der Waals surface area contributed by atoms with Crippen LogP contribution in [0.25, 0.3) is 10.8 Å². The van der Waals surface area contributed by atoms with Crippen molar-refractivity contribution in [3.63, 3.8) is 0 Å². The second-order valence-corrected chi connectivity index (χ2v) is 8.85. The fraction of sp³-hybridized carbons (Fsp3) is 0.455. The molecular formula is C22H24N2OS. The van der Waals surface area contributed by atoms with Gasteiger partial charge >= 0.3 is 0 Å². The van der Waals surface area contributed by atoms with Gasteiger partial charge in [0.25, 0.3) is 5.91 Å². The van der Waals surface area contributed by atoms with E-state index in [9.17, 15) is 4.79 Å². The first kappa shape index (κ1) is 16.2. The average Bonchev–Trinajstić information content (AvgIpc) is 2.63. The van der Waals surface area contributed by atoms with Crippen molar-refractivity contribution in [2.24, 2.45) is 23.7 Å². The molecule has 26 heavy (non-hydrogen) atoms. The molecule has 0 heterocycles. The van der Waals surface area contributed by atoms with Crippen LogP contribution >= 0.6 is 12.2 Å². The quantitative estimate of drug-likeness (QED) is 0.782. The molecule has 0 atom stereocenters. The van der Waals surface area contributed by atoms with Gasteiger partial charge in [-0.05, 0) is 90.9 Å². The highest BCUT2D eigenvalue weighted by molar-refractivity contribution is 7.80. The van der Waals surface area contributed by atoms with Gasteiger partial charge in [0.15, 0.2) is 5.11 Å². The molecular weight excluding hydrogens is 340 g/mol. The molecule has 0 radical (unpaired) electrons. The van der Waals surface area contributed by atoms with Crippen molar-refractivity contribution >= 4 is 34.0 Å². The molecule has 4 fully saturated rings. The molecule has 2 aromatic rings. The maximum Gasteiger partial charge on any atom is 0.257 e. The van der Waals surface area contributed by atoms with Crippen molar-refractivity contribution in [3.05, 3.63) is 48.0 Å². The Morgan fingerprint density at radius 2 is 1.54 bits per heavy atom. The van der Waals surface area contributed by atoms with Crippen molar-refractivity contribution in [2.75, 3.05) is 0 Å². The van der Waals surface area contributed by atoms with Crippen LogP contribution in [0.15, 0.2) is 42.5 Å². The first-order valence-electron chi connectivity index (χ1n) is 9.76. The SMILES string of the molecule is O=C(NC(=S)NC1C2CC3CC(C2)CC1C3)c1ccc2ccccc2c1. The molecule has 4 saturated carbocycles. The summed E-state index contributed by atoms with van der Waals surface area (Å²) in [7, 11) is 0. The summed E-state index contributed by atoms with van der Waals surface area (Å²) in [5.74, 6) is 3.23. The summed E-state index contributed by atoms with van der Waals surface area (Å²) in [4.78, 5) is 12.6. The van der Waals surface area contributed by atoms with Gasteiger partial charge in [-0.1, -0.05) is 30.3 Å². The standard InChI is InChI=1S/C22H24N2OS/c25-21(17-6-5-15-3-1-2-4-16(15)12-17)24-22(26)23-20-18-8-13-7-14(10-18)11-19(20)9-13/h1-6,12-14,18-20H,7-11H2,(H2,23,24,25,26). The molecule has 2 N–H and O–H groups in total. The maximum atomic E-state index is 12.6. The fourth-order valence-electron chi connectivity index (χ4n) is 5.85. The molecule has 6 rings (SSSR count). The van der Waals surface area contributed by atoms with Crippen LogP contribution in [-0.4, -0.2) is 17.1 Å². The van der Waals surface area contributed by atoms with Crippen molar-refractivity contribution in [1.82, 2.24) is 10.6 Å². The minimum atomic E-state index is -0.128. The summed E-state index contributed by atoms with van der Waals surface area (Å²) in [5, 5.41) is 9.09. The van der Waals surface area contributed by atoms with Gasteiger partial charge in [0.05, 0.1) is 0 Å². The van der Waals surface area contributed by atoms with Crippen LogP contribution in [0.3, 0.4) is 0 Å². The summed E-state index contributed by atoms with van der Waals surface area (Å²) in [6.07, 6.45) is 6.80. The number of rotatable bonds is 2. The van der Waals surface area contributed by atoms with E-state index < -0.39 is 0 Å². The smallest absolute Gasteiger partial charge is 0.257 e. The number of carbonyl (C=O) groups is 1. The summed E-state index contributed by atoms with van der Waals surface area (Å²) in [6.45, 7) is 0. The van der Waals surface area contributed by atoms with Crippen molar-refractivity contribution in [2.45, 2.75) is 38.1 Å². The minimum absolute atomic E-state index is 0.128. The second-order valence-electron chi connectivity index (χ2n) is 8.45. The second kappa shape index (κ2) is 6.34. The zero-order chi connectivity index (χ0) is 17.7.